The van der Waals surface area contributed by atoms with Crippen LogP contribution >= 0.6 is 11.3 Å². The van der Waals surface area contributed by atoms with Crippen LogP contribution in [-0.4, -0.2) is 30.4 Å². The van der Waals surface area contributed by atoms with Gasteiger partial charge in [0, 0.05) is 17.5 Å². The molecule has 1 aromatic heterocycles. The highest BCUT2D eigenvalue weighted by molar-refractivity contribution is 7.09. The molecule has 0 aliphatic heterocycles. The van der Waals surface area contributed by atoms with Crippen LogP contribution in [0.1, 0.15) is 18.2 Å². The minimum absolute atomic E-state index is 0.347. The largest absolute Gasteiger partial charge is 0.389 e. The highest BCUT2D eigenvalue weighted by Crippen LogP contribution is 2.09. The Morgan fingerprint density at radius 1 is 1.65 bits per heavy atom. The predicted molar refractivity (Wildman–Crippen MR) is 72.3 cm³/mol. The number of hydrogen-bond donors (Lipinski definition) is 2. The molecule has 17 heavy (non-hydrogen) atoms. The average Bonchev–Trinajstić information content (AvgIpc) is 2.80. The molecule has 2 unspecified atom stereocenters. The molecule has 1 rings (SSSR count). The van der Waals surface area contributed by atoms with Crippen molar-refractivity contribution in [2.45, 2.75) is 32.1 Å². The number of aliphatic hydroxyl groups is 1. The monoisotopic (exact) mass is 255 g/mol. The summed E-state index contributed by atoms with van der Waals surface area (Å²) in [6.45, 7) is 7.25. The molecular weight excluding hydrogens is 234 g/mol. The van der Waals surface area contributed by atoms with Crippen LogP contribution in [-0.2, 0) is 11.3 Å². The van der Waals surface area contributed by atoms with Gasteiger partial charge in [-0.2, -0.15) is 0 Å². The minimum atomic E-state index is -0.456. The molecule has 0 aliphatic carbocycles. The van der Waals surface area contributed by atoms with E-state index in [2.05, 4.69) is 18.8 Å². The fraction of sp³-hybridized carbons (Fsp3) is 0.538. The first-order valence-corrected chi connectivity index (χ1v) is 6.72. The fourth-order valence-corrected chi connectivity index (χ4v) is 2.06. The molecule has 0 radical (unpaired) electrons. The van der Waals surface area contributed by atoms with Crippen LogP contribution in [0.2, 0.25) is 0 Å². The van der Waals surface area contributed by atoms with Crippen molar-refractivity contribution in [3.8, 4) is 0 Å². The van der Waals surface area contributed by atoms with Crippen molar-refractivity contribution in [2.24, 2.45) is 0 Å². The molecule has 0 spiro atoms. The second-order valence-corrected chi connectivity index (χ2v) is 5.11. The van der Waals surface area contributed by atoms with Gasteiger partial charge in [0.25, 0.3) is 0 Å². The second kappa shape index (κ2) is 8.42. The molecule has 1 heterocycles. The van der Waals surface area contributed by atoms with Gasteiger partial charge in [-0.05, 0) is 24.8 Å². The van der Waals surface area contributed by atoms with Gasteiger partial charge < -0.3 is 15.2 Å². The molecule has 2 atom stereocenters. The maximum Gasteiger partial charge on any atom is 0.0897 e. The molecular formula is C13H21NO2S. The molecule has 0 bridgehead atoms. The maximum atomic E-state index is 9.68. The number of ether oxygens (including phenoxy) is 1. The third kappa shape index (κ3) is 6.58. The van der Waals surface area contributed by atoms with E-state index in [1.807, 2.05) is 23.6 Å². The highest BCUT2D eigenvalue weighted by Gasteiger charge is 2.06. The normalized spacial score (nSPS) is 14.5. The summed E-state index contributed by atoms with van der Waals surface area (Å²) < 4.78 is 5.43. The molecule has 4 heteroatoms. The Morgan fingerprint density at radius 2 is 2.47 bits per heavy atom. The van der Waals surface area contributed by atoms with Crippen LogP contribution < -0.4 is 5.32 Å². The van der Waals surface area contributed by atoms with Crippen molar-refractivity contribution >= 4 is 11.3 Å². The van der Waals surface area contributed by atoms with Crippen LogP contribution in [0.4, 0.5) is 0 Å². The number of aliphatic hydroxyl groups excluding tert-OH is 1. The van der Waals surface area contributed by atoms with Crippen molar-refractivity contribution in [3.05, 3.63) is 35.0 Å². The van der Waals surface area contributed by atoms with Crippen molar-refractivity contribution in [3.63, 3.8) is 0 Å². The van der Waals surface area contributed by atoms with E-state index in [4.69, 9.17) is 4.74 Å². The summed E-state index contributed by atoms with van der Waals surface area (Å²) in [4.78, 5) is 1.19. The summed E-state index contributed by atoms with van der Waals surface area (Å²) in [6.07, 6.45) is 2.32. The van der Waals surface area contributed by atoms with Crippen molar-refractivity contribution in [1.29, 1.82) is 0 Å². The first kappa shape index (κ1) is 14.4. The molecule has 0 aromatic carbocycles. The Balaban J connectivity index is 2.04. The Kier molecular flexibility index (Phi) is 7.12. The van der Waals surface area contributed by atoms with Crippen molar-refractivity contribution in [1.82, 2.24) is 5.32 Å². The van der Waals surface area contributed by atoms with Gasteiger partial charge in [0.1, 0.15) is 0 Å². The highest BCUT2D eigenvalue weighted by atomic mass is 32.1. The zero-order valence-electron chi connectivity index (χ0n) is 10.3. The molecule has 0 saturated carbocycles. The summed E-state index contributed by atoms with van der Waals surface area (Å²) >= 11 is 1.67. The van der Waals surface area contributed by atoms with Crippen LogP contribution in [0.15, 0.2) is 30.2 Å². The van der Waals surface area contributed by atoms with Gasteiger partial charge >= 0.3 is 0 Å². The van der Waals surface area contributed by atoms with Gasteiger partial charge in [-0.25, -0.2) is 0 Å². The van der Waals surface area contributed by atoms with Gasteiger partial charge in [-0.15, -0.1) is 17.9 Å². The molecule has 0 saturated heterocycles. The smallest absolute Gasteiger partial charge is 0.0897 e. The van der Waals surface area contributed by atoms with Gasteiger partial charge in [0.2, 0.25) is 0 Å². The Bertz CT molecular complexity index is 300. The van der Waals surface area contributed by atoms with Gasteiger partial charge in [0.05, 0.1) is 19.3 Å². The van der Waals surface area contributed by atoms with E-state index in [1.165, 1.54) is 4.88 Å². The lowest BCUT2D eigenvalue weighted by atomic mass is 10.2. The third-order valence-electron chi connectivity index (χ3n) is 2.36. The summed E-state index contributed by atoms with van der Waals surface area (Å²) in [7, 11) is 0. The first-order valence-electron chi connectivity index (χ1n) is 5.85. The number of nitrogens with one attached hydrogen (secondary N) is 1. The summed E-state index contributed by atoms with van der Waals surface area (Å²) in [5.41, 5.74) is 0. The Hall–Kier alpha value is -0.680. The fourth-order valence-electron chi connectivity index (χ4n) is 1.42. The van der Waals surface area contributed by atoms with Crippen LogP contribution in [0, 0.1) is 0 Å². The summed E-state index contributed by atoms with van der Waals surface area (Å²) in [5, 5.41) is 14.9. The van der Waals surface area contributed by atoms with E-state index < -0.39 is 6.10 Å². The molecule has 2 N–H and O–H groups in total. The average molecular weight is 255 g/mol. The van der Waals surface area contributed by atoms with E-state index in [0.717, 1.165) is 6.42 Å². The predicted octanol–water partition coefficient (Wildman–Crippen LogP) is 2.18. The summed E-state index contributed by atoms with van der Waals surface area (Å²) in [6, 6.07) is 4.37. The molecule has 3 nitrogen and oxygen atoms in total. The Labute approximate surface area is 107 Å². The molecule has 0 aliphatic rings. The zero-order chi connectivity index (χ0) is 12.5. The first-order chi connectivity index (χ1) is 8.22. The van der Waals surface area contributed by atoms with Gasteiger partial charge in [-0.3, -0.25) is 0 Å². The standard InChI is InChI=1S/C13H21NO2S/c1-3-5-11(2)14-8-12(15)9-16-10-13-6-4-7-17-13/h3-4,6-7,11-12,14-15H,1,5,8-10H2,2H3. The SMILES string of the molecule is C=CCC(C)NCC(O)COCc1cccs1. The third-order valence-corrected chi connectivity index (χ3v) is 3.21. The quantitative estimate of drug-likeness (QED) is 0.665. The van der Waals surface area contributed by atoms with E-state index in [0.29, 0.717) is 25.8 Å². The van der Waals surface area contributed by atoms with Gasteiger partial charge in [0.15, 0.2) is 0 Å². The lowest BCUT2D eigenvalue weighted by Crippen LogP contribution is -2.35. The van der Waals surface area contributed by atoms with Crippen LogP contribution in [0.3, 0.4) is 0 Å². The van der Waals surface area contributed by atoms with Crippen LogP contribution in [0.25, 0.3) is 0 Å². The topological polar surface area (TPSA) is 41.5 Å². The molecule has 0 fully saturated rings. The second-order valence-electron chi connectivity index (χ2n) is 4.08. The van der Waals surface area contributed by atoms with Crippen molar-refractivity contribution < 1.29 is 9.84 Å². The van der Waals surface area contributed by atoms with E-state index >= 15 is 0 Å². The van der Waals surface area contributed by atoms with Gasteiger partial charge in [-0.1, -0.05) is 12.1 Å². The molecule has 0 amide bonds. The minimum Gasteiger partial charge on any atom is -0.389 e. The van der Waals surface area contributed by atoms with E-state index in [1.54, 1.807) is 11.3 Å². The lowest BCUT2D eigenvalue weighted by Gasteiger charge is -2.15. The van der Waals surface area contributed by atoms with E-state index in [9.17, 15) is 5.11 Å². The Morgan fingerprint density at radius 3 is 3.12 bits per heavy atom. The summed E-state index contributed by atoms with van der Waals surface area (Å²) in [5.74, 6) is 0. The number of hydrogen-bond acceptors (Lipinski definition) is 4. The number of thiophene rings is 1. The van der Waals surface area contributed by atoms with Crippen LogP contribution in [0.5, 0.6) is 0 Å². The zero-order valence-corrected chi connectivity index (χ0v) is 11.1. The van der Waals surface area contributed by atoms with E-state index in [-0.39, 0.29) is 0 Å². The number of rotatable bonds is 9. The lowest BCUT2D eigenvalue weighted by molar-refractivity contribution is 0.0288. The van der Waals surface area contributed by atoms with Crippen molar-refractivity contribution in [2.75, 3.05) is 13.2 Å². The maximum absolute atomic E-state index is 9.68. The molecule has 1 aromatic rings. The molecule has 96 valence electrons.